The molecule has 1 saturated carbocycles. The second-order valence-corrected chi connectivity index (χ2v) is 7.16. The van der Waals surface area contributed by atoms with Crippen molar-refractivity contribution in [3.63, 3.8) is 0 Å². The summed E-state index contributed by atoms with van der Waals surface area (Å²) in [5.41, 5.74) is 1.67. The summed E-state index contributed by atoms with van der Waals surface area (Å²) in [6.45, 7) is 5.68. The van der Waals surface area contributed by atoms with Gasteiger partial charge in [0, 0.05) is 38.5 Å². The Labute approximate surface area is 143 Å². The second-order valence-electron chi connectivity index (χ2n) is 7.16. The molecule has 0 unspecified atom stereocenters. The van der Waals surface area contributed by atoms with E-state index < -0.39 is 5.60 Å². The largest absolute Gasteiger partial charge is 0.390 e. The third kappa shape index (κ3) is 3.86. The monoisotopic (exact) mass is 332 g/mol. The Hall–Kier alpha value is -1.69. The van der Waals surface area contributed by atoms with Gasteiger partial charge >= 0.3 is 0 Å². The Morgan fingerprint density at radius 1 is 1.25 bits per heavy atom. The van der Waals surface area contributed by atoms with Gasteiger partial charge in [0.05, 0.1) is 11.3 Å². The zero-order valence-corrected chi connectivity index (χ0v) is 14.8. The highest BCUT2D eigenvalue weighted by Gasteiger charge is 2.30. The van der Waals surface area contributed by atoms with E-state index in [-0.39, 0.29) is 5.91 Å². The molecule has 1 aromatic rings. The molecule has 0 saturated heterocycles. The molecule has 0 atom stereocenters. The van der Waals surface area contributed by atoms with Gasteiger partial charge in [-0.05, 0) is 32.6 Å². The van der Waals surface area contributed by atoms with Crippen LogP contribution in [0.1, 0.15) is 56.1 Å². The quantitative estimate of drug-likeness (QED) is 0.879. The summed E-state index contributed by atoms with van der Waals surface area (Å²) in [7, 11) is 0. The number of carbonyl (C=O) groups excluding carboxylic acids is 1. The van der Waals surface area contributed by atoms with Crippen molar-refractivity contribution in [3.05, 3.63) is 17.1 Å². The van der Waals surface area contributed by atoms with Crippen LogP contribution in [0.2, 0.25) is 0 Å². The number of aryl methyl sites for hydroxylation is 1. The van der Waals surface area contributed by atoms with Crippen molar-refractivity contribution >= 4 is 11.7 Å². The first kappa shape index (κ1) is 17.1. The van der Waals surface area contributed by atoms with Crippen LogP contribution in [0, 0.1) is 6.92 Å². The number of aliphatic hydroxyl groups is 1. The Kier molecular flexibility index (Phi) is 5.04. The summed E-state index contributed by atoms with van der Waals surface area (Å²) < 4.78 is 0. The maximum atomic E-state index is 11.7. The smallest absolute Gasteiger partial charge is 0.219 e. The van der Waals surface area contributed by atoms with Crippen LogP contribution < -0.4 is 5.32 Å². The van der Waals surface area contributed by atoms with Gasteiger partial charge in [-0.2, -0.15) is 0 Å². The zero-order chi connectivity index (χ0) is 17.2. The SMILES string of the molecule is CC(=O)N1CCc2nc(C)nc(NCCC3(O)CCCC3)c2CC1. The summed E-state index contributed by atoms with van der Waals surface area (Å²) >= 11 is 0. The summed E-state index contributed by atoms with van der Waals surface area (Å²) in [6, 6.07) is 0. The highest BCUT2D eigenvalue weighted by molar-refractivity contribution is 5.73. The number of nitrogens with zero attached hydrogens (tertiary/aromatic N) is 3. The highest BCUT2D eigenvalue weighted by Crippen LogP contribution is 2.32. The lowest BCUT2D eigenvalue weighted by Gasteiger charge is -2.22. The first-order valence-electron chi connectivity index (χ1n) is 9.05. The molecule has 2 N–H and O–H groups in total. The first-order chi connectivity index (χ1) is 11.5. The van der Waals surface area contributed by atoms with E-state index in [1.54, 1.807) is 6.92 Å². The minimum Gasteiger partial charge on any atom is -0.390 e. The molecule has 6 heteroatoms. The standard InChI is InChI=1S/C18H28N4O2/c1-13-20-16-6-12-22(14(2)23)11-5-15(16)17(21-13)19-10-9-18(24)7-3-4-8-18/h24H,3-12H2,1-2H3,(H,19,20,21). The van der Waals surface area contributed by atoms with Crippen molar-refractivity contribution in [1.29, 1.82) is 0 Å². The van der Waals surface area contributed by atoms with Gasteiger partial charge in [-0.25, -0.2) is 9.97 Å². The summed E-state index contributed by atoms with van der Waals surface area (Å²) in [6.07, 6.45) is 6.37. The molecule has 2 heterocycles. The van der Waals surface area contributed by atoms with Gasteiger partial charge in [0.1, 0.15) is 11.6 Å². The molecule has 132 valence electrons. The number of amides is 1. The molecule has 2 aliphatic rings. The third-order valence-electron chi connectivity index (χ3n) is 5.32. The molecule has 1 aliphatic heterocycles. The van der Waals surface area contributed by atoms with E-state index >= 15 is 0 Å². The number of carbonyl (C=O) groups is 1. The molecule has 0 aromatic carbocycles. The average Bonchev–Trinajstić information content (AvgIpc) is 2.83. The van der Waals surface area contributed by atoms with Crippen molar-refractivity contribution in [2.24, 2.45) is 0 Å². The molecule has 3 rings (SSSR count). The zero-order valence-electron chi connectivity index (χ0n) is 14.8. The Bertz CT molecular complexity index is 611. The van der Waals surface area contributed by atoms with Crippen LogP contribution in [0.4, 0.5) is 5.82 Å². The van der Waals surface area contributed by atoms with Crippen molar-refractivity contribution in [2.75, 3.05) is 25.0 Å². The van der Waals surface area contributed by atoms with Gasteiger partial charge in [-0.1, -0.05) is 12.8 Å². The van der Waals surface area contributed by atoms with Gasteiger partial charge in [0.15, 0.2) is 0 Å². The van der Waals surface area contributed by atoms with Crippen LogP contribution >= 0.6 is 0 Å². The number of nitrogens with one attached hydrogen (secondary N) is 1. The number of hydrogen-bond acceptors (Lipinski definition) is 5. The van der Waals surface area contributed by atoms with Gasteiger partial charge < -0.3 is 15.3 Å². The lowest BCUT2D eigenvalue weighted by Crippen LogP contribution is -2.31. The van der Waals surface area contributed by atoms with E-state index in [4.69, 9.17) is 0 Å². The fourth-order valence-corrected chi connectivity index (χ4v) is 3.88. The second kappa shape index (κ2) is 7.05. The summed E-state index contributed by atoms with van der Waals surface area (Å²) in [5, 5.41) is 13.9. The number of aromatic nitrogens is 2. The van der Waals surface area contributed by atoms with E-state index in [0.29, 0.717) is 6.54 Å². The molecule has 0 bridgehead atoms. The molecular weight excluding hydrogens is 304 g/mol. The molecule has 0 spiro atoms. The molecular formula is C18H28N4O2. The van der Waals surface area contributed by atoms with Gasteiger partial charge in [0.25, 0.3) is 0 Å². The van der Waals surface area contributed by atoms with Gasteiger partial charge in [-0.15, -0.1) is 0 Å². The molecule has 1 amide bonds. The maximum absolute atomic E-state index is 11.7. The Morgan fingerprint density at radius 3 is 2.67 bits per heavy atom. The lowest BCUT2D eigenvalue weighted by molar-refractivity contribution is -0.128. The molecule has 6 nitrogen and oxygen atoms in total. The minimum atomic E-state index is -0.503. The van der Waals surface area contributed by atoms with E-state index in [1.807, 2.05) is 11.8 Å². The van der Waals surface area contributed by atoms with E-state index in [9.17, 15) is 9.90 Å². The fourth-order valence-electron chi connectivity index (χ4n) is 3.88. The normalized spacial score (nSPS) is 19.7. The van der Waals surface area contributed by atoms with Crippen molar-refractivity contribution in [1.82, 2.24) is 14.9 Å². The molecule has 1 aliphatic carbocycles. The van der Waals surface area contributed by atoms with Crippen LogP contribution in [-0.2, 0) is 17.6 Å². The van der Waals surface area contributed by atoms with Crippen LogP contribution in [0.3, 0.4) is 0 Å². The predicted octanol–water partition coefficient (Wildman–Crippen LogP) is 1.84. The summed E-state index contributed by atoms with van der Waals surface area (Å²) in [4.78, 5) is 22.7. The predicted molar refractivity (Wildman–Crippen MR) is 93.0 cm³/mol. The van der Waals surface area contributed by atoms with Crippen LogP contribution in [0.15, 0.2) is 0 Å². The van der Waals surface area contributed by atoms with Crippen molar-refractivity contribution in [3.8, 4) is 0 Å². The number of fused-ring (bicyclic) bond motifs is 1. The number of hydrogen-bond donors (Lipinski definition) is 2. The fraction of sp³-hybridized carbons (Fsp3) is 0.722. The van der Waals surface area contributed by atoms with E-state index in [2.05, 4.69) is 15.3 Å². The van der Waals surface area contributed by atoms with Gasteiger partial charge in [-0.3, -0.25) is 4.79 Å². The molecule has 1 aromatic heterocycles. The van der Waals surface area contributed by atoms with Crippen LogP contribution in [0.5, 0.6) is 0 Å². The average molecular weight is 332 g/mol. The lowest BCUT2D eigenvalue weighted by atomic mass is 9.98. The topological polar surface area (TPSA) is 78.4 Å². The molecule has 0 radical (unpaired) electrons. The van der Waals surface area contributed by atoms with Crippen LogP contribution in [-0.4, -0.2) is 51.1 Å². The number of rotatable bonds is 4. The summed E-state index contributed by atoms with van der Waals surface area (Å²) in [5.74, 6) is 1.75. The van der Waals surface area contributed by atoms with Gasteiger partial charge in [0.2, 0.25) is 5.91 Å². The number of anilines is 1. The first-order valence-corrected chi connectivity index (χ1v) is 9.05. The van der Waals surface area contributed by atoms with Crippen molar-refractivity contribution < 1.29 is 9.90 Å². The van der Waals surface area contributed by atoms with Crippen molar-refractivity contribution in [2.45, 2.75) is 64.4 Å². The minimum absolute atomic E-state index is 0.116. The third-order valence-corrected chi connectivity index (χ3v) is 5.32. The highest BCUT2D eigenvalue weighted by atomic mass is 16.3. The molecule has 24 heavy (non-hydrogen) atoms. The molecule has 1 fully saturated rings. The Morgan fingerprint density at radius 2 is 1.96 bits per heavy atom. The van der Waals surface area contributed by atoms with E-state index in [1.165, 1.54) is 0 Å². The maximum Gasteiger partial charge on any atom is 0.219 e. The van der Waals surface area contributed by atoms with Crippen LogP contribution in [0.25, 0.3) is 0 Å². The Balaban J connectivity index is 1.70. The van der Waals surface area contributed by atoms with E-state index in [0.717, 1.165) is 80.9 Å².